The SMILES string of the molecule is CC(C)CNC(=O)NC(=O)CSc1nnc(-c2ccc(Cl)cc2)n1Cc1ccccc1. The van der Waals surface area contributed by atoms with E-state index in [0.717, 1.165) is 11.1 Å². The van der Waals surface area contributed by atoms with Gasteiger partial charge in [-0.2, -0.15) is 0 Å². The molecule has 1 aromatic heterocycles. The minimum atomic E-state index is -0.494. The van der Waals surface area contributed by atoms with E-state index < -0.39 is 11.9 Å². The van der Waals surface area contributed by atoms with E-state index in [1.54, 1.807) is 12.1 Å². The summed E-state index contributed by atoms with van der Waals surface area (Å²) in [6, 6.07) is 16.8. The van der Waals surface area contributed by atoms with Gasteiger partial charge in [0.2, 0.25) is 5.91 Å². The fourth-order valence-electron chi connectivity index (χ4n) is 2.75. The molecule has 162 valence electrons. The average molecular weight is 458 g/mol. The van der Waals surface area contributed by atoms with Gasteiger partial charge >= 0.3 is 6.03 Å². The number of aromatic nitrogens is 3. The fraction of sp³-hybridized carbons (Fsp3) is 0.273. The van der Waals surface area contributed by atoms with Crippen LogP contribution in [0.2, 0.25) is 5.02 Å². The molecule has 0 aliphatic carbocycles. The number of imide groups is 1. The molecule has 0 saturated heterocycles. The molecule has 3 amide bonds. The van der Waals surface area contributed by atoms with E-state index in [4.69, 9.17) is 11.6 Å². The Morgan fingerprint density at radius 3 is 2.45 bits per heavy atom. The second-order valence-corrected chi connectivity index (χ2v) is 8.70. The minimum Gasteiger partial charge on any atom is -0.338 e. The summed E-state index contributed by atoms with van der Waals surface area (Å²) in [7, 11) is 0. The molecule has 0 spiro atoms. The van der Waals surface area contributed by atoms with Crippen molar-refractivity contribution in [3.05, 3.63) is 65.2 Å². The van der Waals surface area contributed by atoms with Gasteiger partial charge in [0.15, 0.2) is 11.0 Å². The molecule has 0 aliphatic rings. The van der Waals surface area contributed by atoms with Crippen molar-refractivity contribution in [1.29, 1.82) is 0 Å². The molecule has 2 aromatic carbocycles. The predicted molar refractivity (Wildman–Crippen MR) is 123 cm³/mol. The lowest BCUT2D eigenvalue weighted by molar-refractivity contribution is -0.117. The number of carbonyl (C=O) groups excluding carboxylic acids is 2. The first kappa shape index (κ1) is 22.8. The third kappa shape index (κ3) is 6.83. The van der Waals surface area contributed by atoms with Crippen LogP contribution < -0.4 is 10.6 Å². The van der Waals surface area contributed by atoms with Crippen LogP contribution in [0.4, 0.5) is 4.79 Å². The lowest BCUT2D eigenvalue weighted by Crippen LogP contribution is -2.41. The van der Waals surface area contributed by atoms with Crippen molar-refractivity contribution in [2.45, 2.75) is 25.5 Å². The molecule has 0 unspecified atom stereocenters. The average Bonchev–Trinajstić information content (AvgIpc) is 3.14. The van der Waals surface area contributed by atoms with E-state index in [1.165, 1.54) is 11.8 Å². The third-order valence-corrected chi connectivity index (χ3v) is 5.48. The normalized spacial score (nSPS) is 10.8. The Kier molecular flexibility index (Phi) is 8.08. The maximum Gasteiger partial charge on any atom is 0.321 e. The summed E-state index contributed by atoms with van der Waals surface area (Å²) < 4.78 is 1.95. The zero-order valence-electron chi connectivity index (χ0n) is 17.3. The summed E-state index contributed by atoms with van der Waals surface area (Å²) in [5.74, 6) is 0.632. The molecule has 3 rings (SSSR count). The Labute approximate surface area is 190 Å². The number of amides is 3. The van der Waals surface area contributed by atoms with Crippen LogP contribution in [0, 0.1) is 5.92 Å². The van der Waals surface area contributed by atoms with Gasteiger partial charge in [-0.1, -0.05) is 67.5 Å². The van der Waals surface area contributed by atoms with Gasteiger partial charge in [0.1, 0.15) is 0 Å². The standard InChI is InChI=1S/C22H24ClN5O2S/c1-15(2)12-24-21(30)25-19(29)14-31-22-27-26-20(17-8-10-18(23)11-9-17)28(22)13-16-6-4-3-5-7-16/h3-11,15H,12-14H2,1-2H3,(H2,24,25,29,30). The van der Waals surface area contributed by atoms with Crippen molar-refractivity contribution >= 4 is 35.3 Å². The van der Waals surface area contributed by atoms with Crippen molar-refractivity contribution < 1.29 is 9.59 Å². The van der Waals surface area contributed by atoms with Gasteiger partial charge in [0.05, 0.1) is 12.3 Å². The molecular weight excluding hydrogens is 434 g/mol. The highest BCUT2D eigenvalue weighted by Crippen LogP contribution is 2.26. The molecule has 31 heavy (non-hydrogen) atoms. The third-order valence-electron chi connectivity index (χ3n) is 4.26. The number of halogens is 1. The maximum atomic E-state index is 12.2. The zero-order valence-corrected chi connectivity index (χ0v) is 18.9. The molecule has 3 aromatic rings. The number of hydrogen-bond donors (Lipinski definition) is 2. The molecule has 0 saturated carbocycles. The van der Waals surface area contributed by atoms with Crippen LogP contribution in [-0.4, -0.2) is 39.0 Å². The number of nitrogens with one attached hydrogen (secondary N) is 2. The largest absolute Gasteiger partial charge is 0.338 e. The van der Waals surface area contributed by atoms with Crippen LogP contribution in [0.1, 0.15) is 19.4 Å². The van der Waals surface area contributed by atoms with E-state index >= 15 is 0 Å². The van der Waals surface area contributed by atoms with Crippen LogP contribution in [0.15, 0.2) is 59.8 Å². The van der Waals surface area contributed by atoms with Crippen molar-refractivity contribution in [1.82, 2.24) is 25.4 Å². The number of benzene rings is 2. The first-order valence-electron chi connectivity index (χ1n) is 9.86. The van der Waals surface area contributed by atoms with Gasteiger partial charge in [0.25, 0.3) is 0 Å². The van der Waals surface area contributed by atoms with Gasteiger partial charge in [-0.15, -0.1) is 10.2 Å². The Balaban J connectivity index is 1.74. The predicted octanol–water partition coefficient (Wildman–Crippen LogP) is 4.22. The molecule has 1 heterocycles. The highest BCUT2D eigenvalue weighted by atomic mass is 35.5. The molecule has 0 bridgehead atoms. The van der Waals surface area contributed by atoms with Gasteiger partial charge in [-0.05, 0) is 35.7 Å². The van der Waals surface area contributed by atoms with E-state index in [2.05, 4.69) is 20.8 Å². The zero-order chi connectivity index (χ0) is 22.2. The van der Waals surface area contributed by atoms with Crippen LogP contribution in [0.3, 0.4) is 0 Å². The Bertz CT molecular complexity index is 1020. The van der Waals surface area contributed by atoms with Crippen LogP contribution in [0.25, 0.3) is 11.4 Å². The summed E-state index contributed by atoms with van der Waals surface area (Å²) in [4.78, 5) is 24.0. The molecular formula is C22H24ClN5O2S. The Morgan fingerprint density at radius 2 is 1.77 bits per heavy atom. The number of urea groups is 1. The highest BCUT2D eigenvalue weighted by molar-refractivity contribution is 7.99. The van der Waals surface area contributed by atoms with Gasteiger partial charge in [-0.25, -0.2) is 4.79 Å². The van der Waals surface area contributed by atoms with E-state index in [-0.39, 0.29) is 5.75 Å². The Morgan fingerprint density at radius 1 is 1.06 bits per heavy atom. The highest BCUT2D eigenvalue weighted by Gasteiger charge is 2.17. The Hall–Kier alpha value is -2.84. The monoisotopic (exact) mass is 457 g/mol. The summed E-state index contributed by atoms with van der Waals surface area (Å²) in [5, 5.41) is 14.8. The fourth-order valence-corrected chi connectivity index (χ4v) is 3.61. The maximum absolute atomic E-state index is 12.2. The van der Waals surface area contributed by atoms with Crippen LogP contribution in [0.5, 0.6) is 0 Å². The molecule has 0 aliphatic heterocycles. The lowest BCUT2D eigenvalue weighted by Gasteiger charge is -2.11. The van der Waals surface area contributed by atoms with Gasteiger partial charge in [-0.3, -0.25) is 14.7 Å². The molecule has 9 heteroatoms. The smallest absolute Gasteiger partial charge is 0.321 e. The van der Waals surface area contributed by atoms with Crippen molar-refractivity contribution in [2.24, 2.45) is 5.92 Å². The number of carbonyl (C=O) groups is 2. The second kappa shape index (κ2) is 11.0. The number of rotatable bonds is 8. The molecule has 0 radical (unpaired) electrons. The summed E-state index contributed by atoms with van der Waals surface area (Å²) in [5.41, 5.74) is 1.95. The van der Waals surface area contributed by atoms with Crippen LogP contribution in [-0.2, 0) is 11.3 Å². The second-order valence-electron chi connectivity index (χ2n) is 7.33. The van der Waals surface area contributed by atoms with Gasteiger partial charge < -0.3 is 5.32 Å². The van der Waals surface area contributed by atoms with E-state index in [0.29, 0.717) is 35.0 Å². The van der Waals surface area contributed by atoms with E-state index in [1.807, 2.05) is 60.9 Å². The molecule has 0 fully saturated rings. The number of nitrogens with zero attached hydrogens (tertiary/aromatic N) is 3. The summed E-state index contributed by atoms with van der Waals surface area (Å²) >= 11 is 7.25. The molecule has 7 nitrogen and oxygen atoms in total. The van der Waals surface area contributed by atoms with E-state index in [9.17, 15) is 9.59 Å². The quantitative estimate of drug-likeness (QED) is 0.494. The molecule has 0 atom stereocenters. The van der Waals surface area contributed by atoms with Crippen molar-refractivity contribution in [2.75, 3.05) is 12.3 Å². The first-order valence-corrected chi connectivity index (χ1v) is 11.2. The summed E-state index contributed by atoms with van der Waals surface area (Å²) in [6.45, 7) is 5.01. The van der Waals surface area contributed by atoms with Gasteiger partial charge in [0, 0.05) is 17.1 Å². The minimum absolute atomic E-state index is 0.0443. The van der Waals surface area contributed by atoms with Crippen molar-refractivity contribution in [3.63, 3.8) is 0 Å². The topological polar surface area (TPSA) is 88.9 Å². The first-order chi connectivity index (χ1) is 14.9. The summed E-state index contributed by atoms with van der Waals surface area (Å²) in [6.07, 6.45) is 0. The number of thioether (sulfide) groups is 1. The van der Waals surface area contributed by atoms with Crippen LogP contribution >= 0.6 is 23.4 Å². The number of hydrogen-bond acceptors (Lipinski definition) is 5. The molecule has 2 N–H and O–H groups in total. The lowest BCUT2D eigenvalue weighted by atomic mass is 10.2. The van der Waals surface area contributed by atoms with Crippen molar-refractivity contribution in [3.8, 4) is 11.4 Å².